The van der Waals surface area contributed by atoms with E-state index in [4.69, 9.17) is 9.47 Å². The molecule has 3 aromatic rings. The Morgan fingerprint density at radius 3 is 2.55 bits per heavy atom. The third-order valence-electron chi connectivity index (χ3n) is 4.42. The molecular weight excluding hydrogens is 439 g/mol. The molecule has 0 saturated carbocycles. The van der Waals surface area contributed by atoms with E-state index in [9.17, 15) is 14.0 Å². The van der Waals surface area contributed by atoms with Gasteiger partial charge < -0.3 is 9.47 Å². The number of carbonyl (C=O) groups is 2. The first-order valence-corrected chi connectivity index (χ1v) is 9.53. The molecule has 0 spiro atoms. The van der Waals surface area contributed by atoms with Gasteiger partial charge >= 0.3 is 5.97 Å². The second-order valence-corrected chi connectivity index (χ2v) is 7.33. The summed E-state index contributed by atoms with van der Waals surface area (Å²) in [6.07, 6.45) is 1.55. The minimum atomic E-state index is -0.525. The highest BCUT2D eigenvalue weighted by Crippen LogP contribution is 2.37. The molecule has 144 valence electrons. The Balaban J connectivity index is 1.62. The van der Waals surface area contributed by atoms with E-state index >= 15 is 0 Å². The number of benzene rings is 3. The van der Waals surface area contributed by atoms with Crippen LogP contribution in [0.15, 0.2) is 70.9 Å². The molecule has 0 fully saturated rings. The van der Waals surface area contributed by atoms with Gasteiger partial charge in [-0.1, -0.05) is 24.3 Å². The Hall–Kier alpha value is -3.25. The van der Waals surface area contributed by atoms with Crippen molar-refractivity contribution in [3.63, 3.8) is 0 Å². The molecule has 1 heterocycles. The predicted octanol–water partition coefficient (Wildman–Crippen LogP) is 5.73. The van der Waals surface area contributed by atoms with Gasteiger partial charge in [-0.3, -0.25) is 4.79 Å². The van der Waals surface area contributed by atoms with Crippen molar-refractivity contribution < 1.29 is 23.5 Å². The average Bonchev–Trinajstić information content (AvgIpc) is 2.99. The lowest BCUT2D eigenvalue weighted by atomic mass is 10.0. The number of ether oxygens (including phenoxy) is 2. The molecule has 0 radical (unpaired) electrons. The predicted molar refractivity (Wildman–Crippen MR) is 110 cm³/mol. The molecular formula is C23H14BrFO4. The van der Waals surface area contributed by atoms with Crippen molar-refractivity contribution in [1.82, 2.24) is 0 Å². The van der Waals surface area contributed by atoms with Gasteiger partial charge in [-0.15, -0.1) is 0 Å². The third-order valence-corrected chi connectivity index (χ3v) is 5.11. The van der Waals surface area contributed by atoms with Crippen LogP contribution >= 0.6 is 15.9 Å². The van der Waals surface area contributed by atoms with Crippen molar-refractivity contribution in [2.45, 2.75) is 6.92 Å². The average molecular weight is 453 g/mol. The summed E-state index contributed by atoms with van der Waals surface area (Å²) < 4.78 is 24.9. The number of ketones is 1. The number of allylic oxidation sites excluding steroid dienone is 1. The lowest BCUT2D eigenvalue weighted by molar-refractivity contribution is 0.0733. The van der Waals surface area contributed by atoms with Gasteiger partial charge in [-0.05, 0) is 70.4 Å². The molecule has 29 heavy (non-hydrogen) atoms. The molecule has 0 amide bonds. The highest BCUT2D eigenvalue weighted by Gasteiger charge is 2.30. The molecule has 0 atom stereocenters. The van der Waals surface area contributed by atoms with Crippen molar-refractivity contribution in [3.05, 3.63) is 99.0 Å². The van der Waals surface area contributed by atoms with Crippen LogP contribution in [0.1, 0.15) is 31.8 Å². The van der Waals surface area contributed by atoms with Gasteiger partial charge in [0.1, 0.15) is 17.3 Å². The lowest BCUT2D eigenvalue weighted by Gasteiger charge is -2.08. The zero-order valence-electron chi connectivity index (χ0n) is 15.2. The fourth-order valence-corrected chi connectivity index (χ4v) is 3.48. The number of halogens is 2. The molecule has 0 N–H and O–H groups in total. The summed E-state index contributed by atoms with van der Waals surface area (Å²) in [4.78, 5) is 25.1. The Morgan fingerprint density at radius 1 is 1.10 bits per heavy atom. The van der Waals surface area contributed by atoms with Gasteiger partial charge in [0.2, 0.25) is 5.78 Å². The van der Waals surface area contributed by atoms with Crippen LogP contribution in [-0.4, -0.2) is 11.8 Å². The van der Waals surface area contributed by atoms with Crippen LogP contribution in [-0.2, 0) is 0 Å². The van der Waals surface area contributed by atoms with Gasteiger partial charge in [0.15, 0.2) is 5.76 Å². The minimum absolute atomic E-state index is 0.129. The van der Waals surface area contributed by atoms with Crippen LogP contribution in [0, 0.1) is 12.7 Å². The first-order chi connectivity index (χ1) is 13.9. The van der Waals surface area contributed by atoms with Crippen LogP contribution in [0.25, 0.3) is 6.08 Å². The number of esters is 1. The first-order valence-electron chi connectivity index (χ1n) is 8.73. The zero-order chi connectivity index (χ0) is 20.5. The molecule has 1 aliphatic heterocycles. The Morgan fingerprint density at radius 2 is 1.83 bits per heavy atom. The van der Waals surface area contributed by atoms with Crippen LogP contribution in [0.5, 0.6) is 11.5 Å². The van der Waals surface area contributed by atoms with Gasteiger partial charge in [0.25, 0.3) is 0 Å². The molecule has 1 aliphatic rings. The fraction of sp³-hybridized carbons (Fsp3) is 0.0435. The van der Waals surface area contributed by atoms with E-state index < -0.39 is 5.97 Å². The number of Topliss-reactive ketones (excluding diaryl/α,β-unsaturated/α-hetero) is 1. The van der Waals surface area contributed by atoms with E-state index in [-0.39, 0.29) is 23.1 Å². The zero-order valence-corrected chi connectivity index (χ0v) is 16.8. The largest absolute Gasteiger partial charge is 0.452 e. The third kappa shape index (κ3) is 3.84. The quantitative estimate of drug-likeness (QED) is 0.289. The van der Waals surface area contributed by atoms with Gasteiger partial charge in [0.05, 0.1) is 11.1 Å². The van der Waals surface area contributed by atoms with Gasteiger partial charge in [0, 0.05) is 10.5 Å². The van der Waals surface area contributed by atoms with Gasteiger partial charge in [-0.25, -0.2) is 9.18 Å². The maximum absolute atomic E-state index is 13.1. The second kappa shape index (κ2) is 7.64. The second-order valence-electron chi connectivity index (χ2n) is 6.47. The molecule has 0 saturated heterocycles. The number of fused-ring (bicyclic) bond motifs is 1. The molecule has 0 aliphatic carbocycles. The number of aryl methyl sites for hydroxylation is 1. The van der Waals surface area contributed by atoms with Crippen LogP contribution in [0.2, 0.25) is 0 Å². The molecule has 4 nitrogen and oxygen atoms in total. The van der Waals surface area contributed by atoms with Crippen LogP contribution in [0.3, 0.4) is 0 Å². The van der Waals surface area contributed by atoms with Crippen molar-refractivity contribution >= 4 is 33.8 Å². The first kappa shape index (κ1) is 19.1. The molecule has 4 rings (SSSR count). The molecule has 3 aromatic carbocycles. The summed E-state index contributed by atoms with van der Waals surface area (Å²) >= 11 is 3.33. The van der Waals surface area contributed by atoms with E-state index in [0.29, 0.717) is 32.5 Å². The van der Waals surface area contributed by atoms with Crippen LogP contribution in [0.4, 0.5) is 4.39 Å². The number of hydrogen-bond donors (Lipinski definition) is 0. The maximum atomic E-state index is 13.1. The van der Waals surface area contributed by atoms with Crippen LogP contribution < -0.4 is 9.47 Å². The Kier molecular flexibility index (Phi) is 5.03. The summed E-state index contributed by atoms with van der Waals surface area (Å²) in [5.74, 6) is -0.435. The van der Waals surface area contributed by atoms with Crippen molar-refractivity contribution in [1.29, 1.82) is 0 Å². The van der Waals surface area contributed by atoms with Crippen molar-refractivity contribution in [2.75, 3.05) is 0 Å². The lowest BCUT2D eigenvalue weighted by Crippen LogP contribution is -2.09. The molecule has 0 aromatic heterocycles. The number of rotatable bonds is 3. The summed E-state index contributed by atoms with van der Waals surface area (Å²) in [6.45, 7) is 1.75. The van der Waals surface area contributed by atoms with E-state index in [1.165, 1.54) is 18.2 Å². The highest BCUT2D eigenvalue weighted by atomic mass is 79.9. The monoisotopic (exact) mass is 452 g/mol. The SMILES string of the molecule is Cc1cc(OC(=O)c2ccccc2Br)cc2c1C(=O)/C(=C/c1ccc(F)cc1)O2. The Labute approximate surface area is 174 Å². The summed E-state index contributed by atoms with van der Waals surface area (Å²) in [5.41, 5.74) is 2.07. The van der Waals surface area contributed by atoms with Crippen molar-refractivity contribution in [2.24, 2.45) is 0 Å². The standard InChI is InChI=1S/C23H14BrFO4/c1-13-10-16(28-23(27)17-4-2-3-5-18(17)24)12-19-21(13)22(26)20(29-19)11-14-6-8-15(25)9-7-14/h2-12H,1H3/b20-11-. The molecule has 0 unspecified atom stereocenters. The number of hydrogen-bond acceptors (Lipinski definition) is 4. The smallest absolute Gasteiger partial charge is 0.344 e. The summed E-state index contributed by atoms with van der Waals surface area (Å²) in [6, 6.07) is 15.8. The summed E-state index contributed by atoms with van der Waals surface area (Å²) in [7, 11) is 0. The van der Waals surface area contributed by atoms with E-state index in [2.05, 4.69) is 15.9 Å². The topological polar surface area (TPSA) is 52.6 Å². The van der Waals surface area contributed by atoms with E-state index in [1.54, 1.807) is 55.5 Å². The number of carbonyl (C=O) groups excluding carboxylic acids is 2. The van der Waals surface area contributed by atoms with E-state index in [1.807, 2.05) is 0 Å². The maximum Gasteiger partial charge on any atom is 0.344 e. The van der Waals surface area contributed by atoms with Crippen molar-refractivity contribution in [3.8, 4) is 11.5 Å². The van der Waals surface area contributed by atoms with Gasteiger partial charge in [-0.2, -0.15) is 0 Å². The highest BCUT2D eigenvalue weighted by molar-refractivity contribution is 9.10. The van der Waals surface area contributed by atoms with E-state index in [0.717, 1.165) is 0 Å². The molecule has 6 heteroatoms. The fourth-order valence-electron chi connectivity index (χ4n) is 3.04. The minimum Gasteiger partial charge on any atom is -0.452 e. The molecule has 0 bridgehead atoms. The summed E-state index contributed by atoms with van der Waals surface area (Å²) in [5, 5.41) is 0. The Bertz CT molecular complexity index is 1170. The normalized spacial score (nSPS) is 13.9.